The van der Waals surface area contributed by atoms with Crippen LogP contribution in [0.2, 0.25) is 0 Å². The summed E-state index contributed by atoms with van der Waals surface area (Å²) >= 11 is 16.4. The van der Waals surface area contributed by atoms with Crippen LogP contribution in [0.25, 0.3) is 0 Å². The van der Waals surface area contributed by atoms with Gasteiger partial charge in [0, 0.05) is 6.92 Å². The number of methoxy groups -OCH3 is 1. The molecule has 1 rings (SSSR count). The third-order valence-electron chi connectivity index (χ3n) is 2.45. The highest BCUT2D eigenvalue weighted by Crippen LogP contribution is 2.26. The molecular formula is C12H14Cl3NO7. The number of amides is 1. The summed E-state index contributed by atoms with van der Waals surface area (Å²) in [5.41, 5.74) is 0. The molecule has 1 N–H and O–H groups in total. The van der Waals surface area contributed by atoms with Gasteiger partial charge in [0.25, 0.3) is 0 Å². The summed E-state index contributed by atoms with van der Waals surface area (Å²) in [4.78, 5) is 34.3. The number of hydrogen-bond acceptors (Lipinski definition) is 7. The van der Waals surface area contributed by atoms with Crippen LogP contribution >= 0.6 is 34.8 Å². The van der Waals surface area contributed by atoms with Crippen molar-refractivity contribution in [3.8, 4) is 0 Å². The Hall–Kier alpha value is -1.22. The van der Waals surface area contributed by atoms with Crippen molar-refractivity contribution in [2.24, 2.45) is 0 Å². The molecule has 0 aromatic rings. The molecule has 130 valence electrons. The highest BCUT2D eigenvalue weighted by atomic mass is 35.6. The molecule has 0 fully saturated rings. The Morgan fingerprint density at radius 1 is 1.26 bits per heavy atom. The molecule has 1 heterocycles. The van der Waals surface area contributed by atoms with Gasteiger partial charge >= 0.3 is 18.0 Å². The van der Waals surface area contributed by atoms with E-state index in [1.54, 1.807) is 0 Å². The molecule has 0 aromatic carbocycles. The first-order valence-electron chi connectivity index (χ1n) is 6.21. The van der Waals surface area contributed by atoms with E-state index in [-0.39, 0.29) is 0 Å². The Kier molecular flexibility index (Phi) is 7.40. The van der Waals surface area contributed by atoms with E-state index in [0.717, 1.165) is 7.11 Å². The van der Waals surface area contributed by atoms with Gasteiger partial charge < -0.3 is 24.3 Å². The van der Waals surface area contributed by atoms with Gasteiger partial charge in [-0.2, -0.15) is 0 Å². The predicted octanol–water partition coefficient (Wildman–Crippen LogP) is 1.47. The van der Waals surface area contributed by atoms with E-state index >= 15 is 0 Å². The van der Waals surface area contributed by atoms with Gasteiger partial charge in [0.05, 0.1) is 13.2 Å². The number of ether oxygens (including phenoxy) is 4. The van der Waals surface area contributed by atoms with Gasteiger partial charge in [-0.15, -0.1) is 0 Å². The lowest BCUT2D eigenvalue weighted by molar-refractivity contribution is -0.191. The zero-order valence-corrected chi connectivity index (χ0v) is 14.4. The minimum absolute atomic E-state index is 0.486. The van der Waals surface area contributed by atoms with Crippen molar-refractivity contribution >= 4 is 52.8 Å². The summed E-state index contributed by atoms with van der Waals surface area (Å²) in [5, 5.41) is 2.34. The maximum atomic E-state index is 11.7. The molecule has 0 saturated carbocycles. The normalized spacial score (nSPS) is 23.8. The molecular weight excluding hydrogens is 376 g/mol. The SMILES string of the molecule is COC(=O)[C@H]1O[C@H](OC(C)=O)C=C[C@@H]1NC(=O)OCC(Cl)(Cl)Cl. The number of nitrogens with one attached hydrogen (secondary N) is 1. The molecule has 0 bridgehead atoms. The second-order valence-electron chi connectivity index (χ2n) is 4.30. The number of hydrogen-bond donors (Lipinski definition) is 1. The predicted molar refractivity (Wildman–Crippen MR) is 80.1 cm³/mol. The fraction of sp³-hybridized carbons (Fsp3) is 0.583. The average Bonchev–Trinajstić information content (AvgIpc) is 2.44. The van der Waals surface area contributed by atoms with Crippen molar-refractivity contribution < 1.29 is 33.3 Å². The number of halogens is 3. The average molecular weight is 391 g/mol. The van der Waals surface area contributed by atoms with Crippen molar-refractivity contribution in [2.75, 3.05) is 13.7 Å². The van der Waals surface area contributed by atoms with Crippen LogP contribution in [0.15, 0.2) is 12.2 Å². The topological polar surface area (TPSA) is 100 Å². The summed E-state index contributed by atoms with van der Waals surface area (Å²) in [6, 6.07) is -0.919. The second kappa shape index (κ2) is 8.58. The molecule has 8 nitrogen and oxygen atoms in total. The van der Waals surface area contributed by atoms with E-state index in [9.17, 15) is 14.4 Å². The van der Waals surface area contributed by atoms with E-state index < -0.39 is 46.9 Å². The number of carbonyl (C=O) groups excluding carboxylic acids is 3. The fourth-order valence-corrected chi connectivity index (χ4v) is 1.75. The minimum Gasteiger partial charge on any atom is -0.467 e. The van der Waals surface area contributed by atoms with Gasteiger partial charge in [0.15, 0.2) is 6.10 Å². The van der Waals surface area contributed by atoms with Crippen LogP contribution in [0, 0.1) is 0 Å². The largest absolute Gasteiger partial charge is 0.467 e. The Balaban J connectivity index is 2.71. The number of alkyl halides is 3. The third-order valence-corrected chi connectivity index (χ3v) is 2.78. The molecule has 1 amide bonds. The quantitative estimate of drug-likeness (QED) is 0.336. The summed E-state index contributed by atoms with van der Waals surface area (Å²) in [5.74, 6) is -1.38. The first-order valence-corrected chi connectivity index (χ1v) is 7.34. The molecule has 1 aliphatic heterocycles. The van der Waals surface area contributed by atoms with Gasteiger partial charge in [-0.1, -0.05) is 40.9 Å². The Bertz CT molecular complexity index is 492. The third kappa shape index (κ3) is 7.26. The fourth-order valence-electron chi connectivity index (χ4n) is 1.58. The van der Waals surface area contributed by atoms with Crippen LogP contribution in [0.5, 0.6) is 0 Å². The smallest absolute Gasteiger partial charge is 0.407 e. The van der Waals surface area contributed by atoms with Gasteiger partial charge in [-0.3, -0.25) is 4.79 Å². The van der Waals surface area contributed by atoms with Gasteiger partial charge in [0.1, 0.15) is 6.61 Å². The molecule has 0 radical (unpaired) electrons. The van der Waals surface area contributed by atoms with Gasteiger partial charge in [-0.25, -0.2) is 9.59 Å². The molecule has 0 saturated heterocycles. The standard InChI is InChI=1S/C12H14Cl3NO7/c1-6(17)22-8-4-3-7(9(23-8)10(18)20-2)16-11(19)21-5-12(13,14)15/h3-4,7-9H,5H2,1-2H3,(H,16,19)/t7-,8-,9-/m0/s1. The number of rotatable bonds is 4. The van der Waals surface area contributed by atoms with E-state index in [4.69, 9.17) is 44.3 Å². The van der Waals surface area contributed by atoms with Crippen LogP contribution in [0.1, 0.15) is 6.92 Å². The highest BCUT2D eigenvalue weighted by molar-refractivity contribution is 6.67. The van der Waals surface area contributed by atoms with Crippen molar-refractivity contribution in [1.29, 1.82) is 0 Å². The van der Waals surface area contributed by atoms with Crippen LogP contribution in [0.4, 0.5) is 4.79 Å². The van der Waals surface area contributed by atoms with Crippen LogP contribution < -0.4 is 5.32 Å². The first kappa shape index (κ1) is 19.8. The Morgan fingerprint density at radius 2 is 1.91 bits per heavy atom. The van der Waals surface area contributed by atoms with Crippen molar-refractivity contribution in [2.45, 2.75) is 29.2 Å². The summed E-state index contributed by atoms with van der Waals surface area (Å²) in [6.45, 7) is 0.697. The summed E-state index contributed by atoms with van der Waals surface area (Å²) in [7, 11) is 1.14. The maximum Gasteiger partial charge on any atom is 0.407 e. The Labute approximate surface area is 146 Å². The van der Waals surface area contributed by atoms with Crippen molar-refractivity contribution in [1.82, 2.24) is 5.32 Å². The van der Waals surface area contributed by atoms with E-state index in [1.165, 1.54) is 19.1 Å². The van der Waals surface area contributed by atoms with Crippen LogP contribution in [-0.4, -0.2) is 54.0 Å². The zero-order chi connectivity index (χ0) is 17.6. The molecule has 0 aromatic heterocycles. The van der Waals surface area contributed by atoms with E-state index in [1.807, 2.05) is 0 Å². The zero-order valence-electron chi connectivity index (χ0n) is 12.1. The lowest BCUT2D eigenvalue weighted by atomic mass is 10.1. The van der Waals surface area contributed by atoms with Crippen LogP contribution in [-0.2, 0) is 28.5 Å². The maximum absolute atomic E-state index is 11.7. The lowest BCUT2D eigenvalue weighted by Gasteiger charge is -2.30. The monoisotopic (exact) mass is 389 g/mol. The Morgan fingerprint density at radius 3 is 2.43 bits per heavy atom. The molecule has 23 heavy (non-hydrogen) atoms. The highest BCUT2D eigenvalue weighted by Gasteiger charge is 2.36. The number of alkyl carbamates (subject to hydrolysis) is 1. The molecule has 0 aliphatic carbocycles. The van der Waals surface area contributed by atoms with E-state index in [2.05, 4.69) is 14.8 Å². The number of carbonyl (C=O) groups is 3. The lowest BCUT2D eigenvalue weighted by Crippen LogP contribution is -2.51. The van der Waals surface area contributed by atoms with E-state index in [0.29, 0.717) is 0 Å². The van der Waals surface area contributed by atoms with Crippen molar-refractivity contribution in [3.63, 3.8) is 0 Å². The molecule has 0 spiro atoms. The molecule has 3 atom stereocenters. The molecule has 0 unspecified atom stereocenters. The van der Waals surface area contributed by atoms with Crippen LogP contribution in [0.3, 0.4) is 0 Å². The van der Waals surface area contributed by atoms with Crippen molar-refractivity contribution in [3.05, 3.63) is 12.2 Å². The summed E-state index contributed by atoms with van der Waals surface area (Å²) in [6.07, 6.45) is -0.508. The summed E-state index contributed by atoms with van der Waals surface area (Å²) < 4.78 is 17.6. The van der Waals surface area contributed by atoms with Gasteiger partial charge in [0.2, 0.25) is 10.1 Å². The van der Waals surface area contributed by atoms with Gasteiger partial charge in [-0.05, 0) is 6.08 Å². The molecule has 1 aliphatic rings. The minimum atomic E-state index is -1.77. The second-order valence-corrected chi connectivity index (χ2v) is 6.82. The molecule has 11 heteroatoms. The first-order chi connectivity index (χ1) is 10.6. The number of esters is 2.